The highest BCUT2D eigenvalue weighted by Crippen LogP contribution is 2.20. The number of nitrogens with two attached hydrogens (primary N) is 1. The zero-order valence-electron chi connectivity index (χ0n) is 11.2. The fourth-order valence-electron chi connectivity index (χ4n) is 2.27. The van der Waals surface area contributed by atoms with Crippen LogP contribution in [0.25, 0.3) is 0 Å². The number of nitrogens with one attached hydrogen (secondary N) is 1. The van der Waals surface area contributed by atoms with Gasteiger partial charge in [-0.05, 0) is 6.42 Å². The minimum atomic E-state index is -3.07. The minimum Gasteiger partial charge on any atom is -0.396 e. The maximum absolute atomic E-state index is 12.5. The van der Waals surface area contributed by atoms with Crippen LogP contribution in [0.4, 0.5) is 5.69 Å². The predicted molar refractivity (Wildman–Crippen MR) is 73.0 cm³/mol. The van der Waals surface area contributed by atoms with E-state index in [9.17, 15) is 13.2 Å². The van der Waals surface area contributed by atoms with Crippen LogP contribution in [0.2, 0.25) is 0 Å². The highest BCUT2D eigenvalue weighted by Gasteiger charge is 2.35. The Bertz CT molecular complexity index is 583. The summed E-state index contributed by atoms with van der Waals surface area (Å²) in [6.07, 6.45) is 1.79. The number of aromatic nitrogens is 2. The molecule has 1 fully saturated rings. The lowest BCUT2D eigenvalue weighted by molar-refractivity contribution is 0.0619. The van der Waals surface area contributed by atoms with Crippen LogP contribution in [0, 0.1) is 0 Å². The molecular formula is C11H18N4O4S. The summed E-state index contributed by atoms with van der Waals surface area (Å²) in [5, 5.41) is 6.26. The van der Waals surface area contributed by atoms with Crippen molar-refractivity contribution >= 4 is 21.4 Å². The Kier molecular flexibility index (Phi) is 4.29. The first-order valence-electron chi connectivity index (χ1n) is 6.24. The lowest BCUT2D eigenvalue weighted by Gasteiger charge is -2.27. The third-order valence-electron chi connectivity index (χ3n) is 3.33. The van der Waals surface area contributed by atoms with Crippen molar-refractivity contribution in [1.82, 2.24) is 15.1 Å². The molecule has 1 saturated heterocycles. The average Bonchev–Trinajstić information content (AvgIpc) is 2.95. The van der Waals surface area contributed by atoms with Crippen LogP contribution < -0.4 is 5.73 Å². The normalized spacial score (nSPS) is 20.9. The Morgan fingerprint density at radius 2 is 2.40 bits per heavy atom. The van der Waals surface area contributed by atoms with Crippen molar-refractivity contribution in [3.63, 3.8) is 0 Å². The first kappa shape index (κ1) is 14.8. The lowest BCUT2D eigenvalue weighted by Crippen LogP contribution is -2.43. The molecule has 112 valence electrons. The second kappa shape index (κ2) is 5.80. The number of hydrogen-bond acceptors (Lipinski definition) is 6. The van der Waals surface area contributed by atoms with Crippen molar-refractivity contribution in [3.05, 3.63) is 11.9 Å². The Labute approximate surface area is 117 Å². The van der Waals surface area contributed by atoms with Gasteiger partial charge in [0, 0.05) is 19.7 Å². The van der Waals surface area contributed by atoms with Crippen molar-refractivity contribution in [1.29, 1.82) is 0 Å². The van der Waals surface area contributed by atoms with E-state index in [2.05, 4.69) is 10.2 Å². The number of carbonyl (C=O) groups is 1. The van der Waals surface area contributed by atoms with Crippen molar-refractivity contribution < 1.29 is 17.9 Å². The number of amides is 1. The van der Waals surface area contributed by atoms with Gasteiger partial charge >= 0.3 is 0 Å². The molecule has 0 aliphatic carbocycles. The summed E-state index contributed by atoms with van der Waals surface area (Å²) in [5.41, 5.74) is 6.10. The van der Waals surface area contributed by atoms with E-state index in [1.165, 1.54) is 18.2 Å². The Morgan fingerprint density at radius 1 is 1.65 bits per heavy atom. The largest absolute Gasteiger partial charge is 0.396 e. The molecule has 1 atom stereocenters. The number of sulfone groups is 1. The Hall–Kier alpha value is -1.61. The number of H-pyrrole nitrogens is 1. The third-order valence-corrected chi connectivity index (χ3v) is 5.08. The van der Waals surface area contributed by atoms with Crippen LogP contribution in [0.3, 0.4) is 0 Å². The number of nitrogen functional groups attached to an aromatic ring is 1. The van der Waals surface area contributed by atoms with Gasteiger partial charge in [-0.3, -0.25) is 9.89 Å². The molecule has 1 unspecified atom stereocenters. The van der Waals surface area contributed by atoms with Gasteiger partial charge in [0.25, 0.3) is 5.91 Å². The number of rotatable bonds is 5. The molecule has 0 bridgehead atoms. The number of ether oxygens (including phenoxy) is 1. The van der Waals surface area contributed by atoms with Crippen LogP contribution in [0.1, 0.15) is 16.9 Å². The molecule has 2 heterocycles. The average molecular weight is 302 g/mol. The van der Waals surface area contributed by atoms with Crippen LogP contribution in [0.15, 0.2) is 6.20 Å². The summed E-state index contributed by atoms with van der Waals surface area (Å²) in [5.74, 6) is -0.261. The maximum atomic E-state index is 12.5. The summed E-state index contributed by atoms with van der Waals surface area (Å²) in [4.78, 5) is 14.0. The minimum absolute atomic E-state index is 0.0174. The van der Waals surface area contributed by atoms with E-state index in [0.717, 1.165) is 0 Å². The SMILES string of the molecule is COCCN(C(=O)c1[nH]ncc1N)C1CCS(=O)(=O)C1. The molecule has 1 aliphatic heterocycles. The van der Waals surface area contributed by atoms with Crippen molar-refractivity contribution in [2.24, 2.45) is 0 Å². The quantitative estimate of drug-likeness (QED) is 0.740. The molecule has 9 heteroatoms. The summed E-state index contributed by atoms with van der Waals surface area (Å²) < 4.78 is 28.1. The predicted octanol–water partition coefficient (Wildman–Crippen LogP) is -0.732. The second-order valence-electron chi connectivity index (χ2n) is 4.75. The van der Waals surface area contributed by atoms with Gasteiger partial charge < -0.3 is 15.4 Å². The van der Waals surface area contributed by atoms with E-state index in [1.807, 2.05) is 0 Å². The van der Waals surface area contributed by atoms with Crippen molar-refractivity contribution in [2.75, 3.05) is 37.5 Å². The number of aromatic amines is 1. The smallest absolute Gasteiger partial charge is 0.274 e. The molecule has 0 aromatic carbocycles. The number of methoxy groups -OCH3 is 1. The zero-order chi connectivity index (χ0) is 14.8. The molecule has 20 heavy (non-hydrogen) atoms. The van der Waals surface area contributed by atoms with Crippen LogP contribution >= 0.6 is 0 Å². The van der Waals surface area contributed by atoms with Gasteiger partial charge in [-0.25, -0.2) is 8.42 Å². The first-order valence-corrected chi connectivity index (χ1v) is 8.06. The third kappa shape index (κ3) is 3.10. The van der Waals surface area contributed by atoms with Gasteiger partial charge in [-0.15, -0.1) is 0 Å². The molecule has 1 amide bonds. The molecule has 0 spiro atoms. The number of hydrogen-bond donors (Lipinski definition) is 2. The van der Waals surface area contributed by atoms with E-state index in [4.69, 9.17) is 10.5 Å². The van der Waals surface area contributed by atoms with Crippen molar-refractivity contribution in [3.8, 4) is 0 Å². The fraction of sp³-hybridized carbons (Fsp3) is 0.636. The monoisotopic (exact) mass is 302 g/mol. The number of nitrogens with zero attached hydrogens (tertiary/aromatic N) is 2. The molecule has 3 N–H and O–H groups in total. The summed E-state index contributed by atoms with van der Waals surface area (Å²) in [7, 11) is -1.54. The standard InChI is InChI=1S/C11H18N4O4S/c1-19-4-3-15(8-2-5-20(17,18)7-8)11(16)10-9(12)6-13-14-10/h6,8H,2-5,7,12H2,1H3,(H,13,14). The molecule has 1 aliphatic rings. The fourth-order valence-corrected chi connectivity index (χ4v) is 4.00. The van der Waals surface area contributed by atoms with Gasteiger partial charge in [0.15, 0.2) is 9.84 Å². The van der Waals surface area contributed by atoms with Gasteiger partial charge in [0.05, 0.1) is 30.0 Å². The molecule has 2 rings (SSSR count). The molecule has 1 aromatic rings. The molecule has 0 saturated carbocycles. The highest BCUT2D eigenvalue weighted by molar-refractivity contribution is 7.91. The number of carbonyl (C=O) groups excluding carboxylic acids is 1. The van der Waals surface area contributed by atoms with Gasteiger partial charge in [0.2, 0.25) is 0 Å². The summed E-state index contributed by atoms with van der Waals surface area (Å²) in [6, 6.07) is -0.342. The summed E-state index contributed by atoms with van der Waals surface area (Å²) in [6.45, 7) is 0.643. The van der Waals surface area contributed by atoms with E-state index >= 15 is 0 Å². The first-order chi connectivity index (χ1) is 9.44. The molecule has 1 aromatic heterocycles. The Morgan fingerprint density at radius 3 is 2.90 bits per heavy atom. The van der Waals surface area contributed by atoms with E-state index in [1.54, 1.807) is 0 Å². The number of anilines is 1. The van der Waals surface area contributed by atoms with E-state index < -0.39 is 9.84 Å². The Balaban J connectivity index is 2.20. The summed E-state index contributed by atoms with van der Waals surface area (Å²) >= 11 is 0. The molecular weight excluding hydrogens is 284 g/mol. The molecule has 8 nitrogen and oxygen atoms in total. The van der Waals surface area contributed by atoms with Gasteiger partial charge in [-0.2, -0.15) is 5.10 Å². The van der Waals surface area contributed by atoms with Crippen molar-refractivity contribution in [2.45, 2.75) is 12.5 Å². The molecule has 0 radical (unpaired) electrons. The highest BCUT2D eigenvalue weighted by atomic mass is 32.2. The van der Waals surface area contributed by atoms with Gasteiger partial charge in [0.1, 0.15) is 5.69 Å². The maximum Gasteiger partial charge on any atom is 0.274 e. The van der Waals surface area contributed by atoms with E-state index in [0.29, 0.717) is 19.6 Å². The van der Waals surface area contributed by atoms with Gasteiger partial charge in [-0.1, -0.05) is 0 Å². The van der Waals surface area contributed by atoms with Crippen LogP contribution in [-0.4, -0.2) is 67.2 Å². The lowest BCUT2D eigenvalue weighted by atomic mass is 10.2. The van der Waals surface area contributed by atoms with Crippen LogP contribution in [0.5, 0.6) is 0 Å². The van der Waals surface area contributed by atoms with Crippen LogP contribution in [-0.2, 0) is 14.6 Å². The topological polar surface area (TPSA) is 118 Å². The second-order valence-corrected chi connectivity index (χ2v) is 6.98. The van der Waals surface area contributed by atoms with E-state index in [-0.39, 0.29) is 34.8 Å². The zero-order valence-corrected chi connectivity index (χ0v) is 12.0.